The van der Waals surface area contributed by atoms with Crippen molar-refractivity contribution in [2.75, 3.05) is 13.1 Å². The highest BCUT2D eigenvalue weighted by Crippen LogP contribution is 2.30. The second-order valence-electron chi connectivity index (χ2n) is 4.90. The van der Waals surface area contributed by atoms with E-state index in [0.29, 0.717) is 0 Å². The van der Waals surface area contributed by atoms with E-state index in [-0.39, 0.29) is 6.42 Å². The molecule has 1 aliphatic heterocycles. The van der Waals surface area contributed by atoms with Gasteiger partial charge in [0.2, 0.25) is 0 Å². The number of aliphatic carboxylic acids is 1. The molecule has 1 fully saturated rings. The number of piperidine rings is 1. The highest BCUT2D eigenvalue weighted by molar-refractivity contribution is 5.70. The lowest BCUT2D eigenvalue weighted by molar-refractivity contribution is -0.135. The van der Waals surface area contributed by atoms with Crippen LogP contribution in [0, 0.1) is 0 Å². The van der Waals surface area contributed by atoms with Crippen LogP contribution < -0.4 is 5.32 Å². The van der Waals surface area contributed by atoms with Crippen LogP contribution in [0.4, 0.5) is 0 Å². The smallest absolute Gasteiger partial charge is 0.307 e. The van der Waals surface area contributed by atoms with Crippen LogP contribution >= 0.6 is 0 Å². The Bertz CT molecular complexity index is 459. The molecule has 1 heterocycles. The molecule has 0 atom stereocenters. The highest BCUT2D eigenvalue weighted by Gasteiger charge is 2.30. The van der Waals surface area contributed by atoms with Crippen molar-refractivity contribution < 1.29 is 15.0 Å². The molecule has 102 valence electrons. The van der Waals surface area contributed by atoms with E-state index in [1.54, 1.807) is 12.2 Å². The summed E-state index contributed by atoms with van der Waals surface area (Å²) in [4.78, 5) is 10.4. The van der Waals surface area contributed by atoms with Crippen molar-refractivity contribution in [2.45, 2.75) is 24.9 Å². The molecule has 1 aromatic rings. The number of nitrogens with one attached hydrogen (secondary N) is 1. The minimum atomic E-state index is -0.836. The zero-order chi connectivity index (χ0) is 13.7. The summed E-state index contributed by atoms with van der Waals surface area (Å²) in [5.74, 6) is -0.836. The summed E-state index contributed by atoms with van der Waals surface area (Å²) in [5, 5.41) is 22.3. The first-order valence-electron chi connectivity index (χ1n) is 6.52. The van der Waals surface area contributed by atoms with Crippen molar-refractivity contribution in [3.8, 4) is 0 Å². The first-order chi connectivity index (χ1) is 9.10. The summed E-state index contributed by atoms with van der Waals surface area (Å²) in [6, 6.07) is 7.67. The quantitative estimate of drug-likeness (QED) is 0.772. The molecule has 1 saturated heterocycles. The van der Waals surface area contributed by atoms with Gasteiger partial charge in [0.25, 0.3) is 0 Å². The largest absolute Gasteiger partial charge is 0.481 e. The SMILES string of the molecule is O=C(O)CC=Cc1ccc(C2(O)CCNCC2)cc1. The predicted octanol–water partition coefficient (Wildman–Crippen LogP) is 1.75. The molecule has 1 aliphatic rings. The lowest BCUT2D eigenvalue weighted by atomic mass is 9.85. The highest BCUT2D eigenvalue weighted by atomic mass is 16.4. The molecule has 0 unspecified atom stereocenters. The van der Waals surface area contributed by atoms with Crippen molar-refractivity contribution in [3.05, 3.63) is 41.5 Å². The van der Waals surface area contributed by atoms with Crippen LogP contribution in [0.5, 0.6) is 0 Å². The molecule has 0 spiro atoms. The fourth-order valence-corrected chi connectivity index (χ4v) is 2.33. The first kappa shape index (κ1) is 13.8. The molecule has 0 amide bonds. The third-order valence-corrected chi connectivity index (χ3v) is 3.48. The molecule has 3 N–H and O–H groups in total. The summed E-state index contributed by atoms with van der Waals surface area (Å²) in [5.41, 5.74) is 1.15. The van der Waals surface area contributed by atoms with Crippen LogP contribution in [-0.4, -0.2) is 29.3 Å². The molecule has 1 aromatic carbocycles. The van der Waals surface area contributed by atoms with Gasteiger partial charge in [0.15, 0.2) is 0 Å². The molecular weight excluding hydrogens is 242 g/mol. The molecule has 4 nitrogen and oxygen atoms in total. The van der Waals surface area contributed by atoms with Gasteiger partial charge in [-0.1, -0.05) is 36.4 Å². The topological polar surface area (TPSA) is 69.6 Å². The Morgan fingerprint density at radius 1 is 1.26 bits per heavy atom. The molecule has 0 saturated carbocycles. The van der Waals surface area contributed by atoms with Crippen molar-refractivity contribution >= 4 is 12.0 Å². The van der Waals surface area contributed by atoms with E-state index in [1.165, 1.54) is 0 Å². The Kier molecular flexibility index (Phi) is 4.35. The molecule has 19 heavy (non-hydrogen) atoms. The number of carbonyl (C=O) groups is 1. The van der Waals surface area contributed by atoms with Crippen LogP contribution in [0.3, 0.4) is 0 Å². The first-order valence-corrected chi connectivity index (χ1v) is 6.52. The maximum absolute atomic E-state index is 10.5. The maximum atomic E-state index is 10.5. The second-order valence-corrected chi connectivity index (χ2v) is 4.90. The van der Waals surface area contributed by atoms with Crippen molar-refractivity contribution in [1.29, 1.82) is 0 Å². The molecule has 4 heteroatoms. The van der Waals surface area contributed by atoms with Gasteiger partial charge in [0.1, 0.15) is 0 Å². The van der Waals surface area contributed by atoms with Gasteiger partial charge in [-0.15, -0.1) is 0 Å². The van der Waals surface area contributed by atoms with Crippen molar-refractivity contribution in [3.63, 3.8) is 0 Å². The average molecular weight is 261 g/mol. The van der Waals surface area contributed by atoms with Gasteiger partial charge in [0, 0.05) is 0 Å². The normalized spacial score (nSPS) is 18.6. The van der Waals surface area contributed by atoms with Crippen LogP contribution in [0.2, 0.25) is 0 Å². The Labute approximate surface area is 112 Å². The van der Waals surface area contributed by atoms with E-state index in [9.17, 15) is 9.90 Å². The zero-order valence-electron chi connectivity index (χ0n) is 10.8. The van der Waals surface area contributed by atoms with Gasteiger partial charge in [-0.2, -0.15) is 0 Å². The molecular formula is C15H19NO3. The predicted molar refractivity (Wildman–Crippen MR) is 73.7 cm³/mol. The lowest BCUT2D eigenvalue weighted by Crippen LogP contribution is -2.39. The van der Waals surface area contributed by atoms with E-state index in [4.69, 9.17) is 5.11 Å². The van der Waals surface area contributed by atoms with E-state index < -0.39 is 11.6 Å². The van der Waals surface area contributed by atoms with E-state index in [0.717, 1.165) is 37.1 Å². The number of hydrogen-bond donors (Lipinski definition) is 3. The number of aliphatic hydroxyl groups is 1. The fraction of sp³-hybridized carbons (Fsp3) is 0.400. The third kappa shape index (κ3) is 3.66. The second kappa shape index (κ2) is 5.99. The molecule has 0 aromatic heterocycles. The van der Waals surface area contributed by atoms with Crippen LogP contribution in [0.1, 0.15) is 30.4 Å². The number of hydrogen-bond acceptors (Lipinski definition) is 3. The fourth-order valence-electron chi connectivity index (χ4n) is 2.33. The van der Waals surface area contributed by atoms with Gasteiger partial charge in [-0.3, -0.25) is 4.79 Å². The molecule has 0 radical (unpaired) electrons. The Hall–Kier alpha value is -1.65. The van der Waals surface area contributed by atoms with Gasteiger partial charge < -0.3 is 15.5 Å². The van der Waals surface area contributed by atoms with Gasteiger partial charge in [0.05, 0.1) is 12.0 Å². The van der Waals surface area contributed by atoms with Crippen LogP contribution in [0.25, 0.3) is 6.08 Å². The van der Waals surface area contributed by atoms with E-state index in [1.807, 2.05) is 24.3 Å². The van der Waals surface area contributed by atoms with Gasteiger partial charge in [-0.05, 0) is 37.1 Å². The number of rotatable bonds is 4. The summed E-state index contributed by atoms with van der Waals surface area (Å²) in [7, 11) is 0. The summed E-state index contributed by atoms with van der Waals surface area (Å²) in [6.45, 7) is 1.66. The van der Waals surface area contributed by atoms with Gasteiger partial charge in [-0.25, -0.2) is 0 Å². The average Bonchev–Trinajstić information content (AvgIpc) is 2.40. The minimum Gasteiger partial charge on any atom is -0.481 e. The Morgan fingerprint density at radius 2 is 1.89 bits per heavy atom. The molecule has 0 bridgehead atoms. The van der Waals surface area contributed by atoms with Crippen LogP contribution in [-0.2, 0) is 10.4 Å². The lowest BCUT2D eigenvalue weighted by Gasteiger charge is -2.33. The Morgan fingerprint density at radius 3 is 2.47 bits per heavy atom. The number of carboxylic acids is 1. The zero-order valence-corrected chi connectivity index (χ0v) is 10.8. The molecule has 0 aliphatic carbocycles. The van der Waals surface area contributed by atoms with Crippen molar-refractivity contribution in [2.24, 2.45) is 0 Å². The van der Waals surface area contributed by atoms with Crippen molar-refractivity contribution in [1.82, 2.24) is 5.32 Å². The van der Waals surface area contributed by atoms with Crippen LogP contribution in [0.15, 0.2) is 30.3 Å². The summed E-state index contributed by atoms with van der Waals surface area (Å²) >= 11 is 0. The number of benzene rings is 1. The maximum Gasteiger partial charge on any atom is 0.307 e. The number of carboxylic acid groups (broad SMARTS) is 1. The standard InChI is InChI=1S/C15H19NO3/c17-14(18)3-1-2-12-4-6-13(7-5-12)15(19)8-10-16-11-9-15/h1-2,4-7,16,19H,3,8-11H2,(H,17,18). The summed E-state index contributed by atoms with van der Waals surface area (Å²) in [6.07, 6.45) is 4.88. The Balaban J connectivity index is 2.05. The monoisotopic (exact) mass is 261 g/mol. The molecule has 2 rings (SSSR count). The summed E-state index contributed by atoms with van der Waals surface area (Å²) < 4.78 is 0. The van der Waals surface area contributed by atoms with E-state index in [2.05, 4.69) is 5.32 Å². The van der Waals surface area contributed by atoms with E-state index >= 15 is 0 Å². The van der Waals surface area contributed by atoms with Gasteiger partial charge >= 0.3 is 5.97 Å². The minimum absolute atomic E-state index is 0.0252. The third-order valence-electron chi connectivity index (χ3n) is 3.48.